The number of rotatable bonds is 2. The van der Waals surface area contributed by atoms with Gasteiger partial charge in [0, 0.05) is 12.6 Å². The molecule has 0 aliphatic carbocycles. The molecule has 12 heavy (non-hydrogen) atoms. The monoisotopic (exact) mass is 169 g/mol. The standard InChI is InChI=1S/C11H23N/c1-8(2)10-6-11(9(3)4)12(5)7-10/h8-11H,6-7H2,1-5H3/t10-,11?/m1/s1. The highest BCUT2D eigenvalue weighted by molar-refractivity contribution is 4.86. The molecule has 1 heterocycles. The van der Waals surface area contributed by atoms with E-state index < -0.39 is 0 Å². The summed E-state index contributed by atoms with van der Waals surface area (Å²) >= 11 is 0. The Labute approximate surface area is 77.1 Å². The highest BCUT2D eigenvalue weighted by Gasteiger charge is 2.32. The lowest BCUT2D eigenvalue weighted by atomic mass is 9.90. The number of likely N-dealkylation sites (tertiary alicyclic amines) is 1. The molecule has 1 fully saturated rings. The highest BCUT2D eigenvalue weighted by Crippen LogP contribution is 2.31. The number of hydrogen-bond donors (Lipinski definition) is 0. The van der Waals surface area contributed by atoms with E-state index >= 15 is 0 Å². The summed E-state index contributed by atoms with van der Waals surface area (Å²) in [4.78, 5) is 2.54. The minimum absolute atomic E-state index is 0.818. The van der Waals surface area contributed by atoms with Crippen LogP contribution in [0.4, 0.5) is 0 Å². The van der Waals surface area contributed by atoms with Gasteiger partial charge in [-0.05, 0) is 31.2 Å². The third-order valence-corrected chi connectivity index (χ3v) is 3.35. The van der Waals surface area contributed by atoms with Crippen LogP contribution in [-0.4, -0.2) is 24.5 Å². The van der Waals surface area contributed by atoms with Crippen molar-refractivity contribution >= 4 is 0 Å². The normalized spacial score (nSPS) is 32.2. The summed E-state index contributed by atoms with van der Waals surface area (Å²) in [6, 6.07) is 0.831. The minimum Gasteiger partial charge on any atom is -0.303 e. The van der Waals surface area contributed by atoms with Crippen LogP contribution in [0, 0.1) is 17.8 Å². The summed E-state index contributed by atoms with van der Waals surface area (Å²) in [6.45, 7) is 10.7. The van der Waals surface area contributed by atoms with Crippen LogP contribution in [0.3, 0.4) is 0 Å². The molecule has 1 aliphatic rings. The third kappa shape index (κ3) is 2.01. The van der Waals surface area contributed by atoms with Crippen molar-refractivity contribution in [2.45, 2.75) is 40.2 Å². The lowest BCUT2D eigenvalue weighted by molar-refractivity contribution is 0.249. The van der Waals surface area contributed by atoms with Crippen LogP contribution in [0.5, 0.6) is 0 Å². The molecule has 0 N–H and O–H groups in total. The van der Waals surface area contributed by atoms with Crippen LogP contribution in [0.25, 0.3) is 0 Å². The van der Waals surface area contributed by atoms with Gasteiger partial charge in [-0.3, -0.25) is 0 Å². The minimum atomic E-state index is 0.818. The highest BCUT2D eigenvalue weighted by atomic mass is 15.2. The molecule has 0 amide bonds. The summed E-state index contributed by atoms with van der Waals surface area (Å²) < 4.78 is 0. The van der Waals surface area contributed by atoms with Crippen molar-refractivity contribution in [3.63, 3.8) is 0 Å². The van der Waals surface area contributed by atoms with Crippen molar-refractivity contribution in [3.05, 3.63) is 0 Å². The topological polar surface area (TPSA) is 3.24 Å². The Balaban J connectivity index is 2.50. The van der Waals surface area contributed by atoms with E-state index in [-0.39, 0.29) is 0 Å². The van der Waals surface area contributed by atoms with Crippen molar-refractivity contribution in [1.29, 1.82) is 0 Å². The molecule has 72 valence electrons. The molecule has 2 atom stereocenters. The van der Waals surface area contributed by atoms with Gasteiger partial charge in [-0.1, -0.05) is 27.7 Å². The fourth-order valence-corrected chi connectivity index (χ4v) is 2.33. The smallest absolute Gasteiger partial charge is 0.0118 e. The van der Waals surface area contributed by atoms with Crippen molar-refractivity contribution < 1.29 is 0 Å². The van der Waals surface area contributed by atoms with Crippen LogP contribution in [-0.2, 0) is 0 Å². The number of hydrogen-bond acceptors (Lipinski definition) is 1. The van der Waals surface area contributed by atoms with Gasteiger partial charge >= 0.3 is 0 Å². The van der Waals surface area contributed by atoms with Gasteiger partial charge in [0.05, 0.1) is 0 Å². The zero-order chi connectivity index (χ0) is 9.30. The Morgan fingerprint density at radius 3 is 1.92 bits per heavy atom. The first-order valence-electron chi connectivity index (χ1n) is 5.22. The zero-order valence-corrected chi connectivity index (χ0v) is 9.17. The maximum absolute atomic E-state index is 2.54. The largest absolute Gasteiger partial charge is 0.303 e. The molecule has 0 radical (unpaired) electrons. The van der Waals surface area contributed by atoms with Gasteiger partial charge in [0.1, 0.15) is 0 Å². The van der Waals surface area contributed by atoms with E-state index in [2.05, 4.69) is 39.6 Å². The summed E-state index contributed by atoms with van der Waals surface area (Å²) in [7, 11) is 2.27. The molecular weight excluding hydrogens is 146 g/mol. The Morgan fingerprint density at radius 1 is 1.08 bits per heavy atom. The zero-order valence-electron chi connectivity index (χ0n) is 9.17. The van der Waals surface area contributed by atoms with Gasteiger partial charge in [-0.15, -0.1) is 0 Å². The lowest BCUT2D eigenvalue weighted by Gasteiger charge is -2.22. The SMILES string of the molecule is CC(C)C1C[C@@H](C(C)C)CN1C. The Kier molecular flexibility index (Phi) is 3.16. The van der Waals surface area contributed by atoms with Crippen LogP contribution < -0.4 is 0 Å². The second-order valence-electron chi connectivity index (χ2n) is 4.99. The molecule has 1 aliphatic heterocycles. The molecule has 1 saturated heterocycles. The van der Waals surface area contributed by atoms with Crippen LogP contribution in [0.15, 0.2) is 0 Å². The lowest BCUT2D eigenvalue weighted by Crippen LogP contribution is -2.29. The molecule has 1 heteroatoms. The average Bonchev–Trinajstić information content (AvgIpc) is 2.30. The number of nitrogens with zero attached hydrogens (tertiary/aromatic N) is 1. The van der Waals surface area contributed by atoms with Gasteiger partial charge in [0.15, 0.2) is 0 Å². The van der Waals surface area contributed by atoms with Crippen molar-refractivity contribution in [2.24, 2.45) is 17.8 Å². The predicted octanol–water partition coefficient (Wildman–Crippen LogP) is 2.62. The molecule has 0 bridgehead atoms. The van der Waals surface area contributed by atoms with E-state index in [1.807, 2.05) is 0 Å². The Bertz CT molecular complexity index is 140. The van der Waals surface area contributed by atoms with Gasteiger partial charge in [0.2, 0.25) is 0 Å². The average molecular weight is 169 g/mol. The first-order valence-corrected chi connectivity index (χ1v) is 5.22. The van der Waals surface area contributed by atoms with E-state index in [0.717, 1.165) is 23.8 Å². The van der Waals surface area contributed by atoms with Crippen LogP contribution in [0.1, 0.15) is 34.1 Å². The molecule has 0 spiro atoms. The molecule has 0 aromatic rings. The summed E-state index contributed by atoms with van der Waals surface area (Å²) in [6.07, 6.45) is 1.41. The maximum Gasteiger partial charge on any atom is 0.0118 e. The molecular formula is C11H23N. The molecule has 0 aromatic carbocycles. The molecule has 1 unspecified atom stereocenters. The van der Waals surface area contributed by atoms with Gasteiger partial charge in [0.25, 0.3) is 0 Å². The van der Waals surface area contributed by atoms with E-state index in [1.165, 1.54) is 13.0 Å². The fraction of sp³-hybridized carbons (Fsp3) is 1.00. The van der Waals surface area contributed by atoms with Crippen molar-refractivity contribution in [2.75, 3.05) is 13.6 Å². The first-order chi connectivity index (χ1) is 5.52. The second-order valence-corrected chi connectivity index (χ2v) is 4.99. The summed E-state index contributed by atoms with van der Waals surface area (Å²) in [5, 5.41) is 0. The van der Waals surface area contributed by atoms with E-state index in [9.17, 15) is 0 Å². The van der Waals surface area contributed by atoms with Crippen LogP contribution in [0.2, 0.25) is 0 Å². The van der Waals surface area contributed by atoms with Gasteiger partial charge < -0.3 is 4.90 Å². The molecule has 0 saturated carbocycles. The maximum atomic E-state index is 2.54. The molecule has 1 rings (SSSR count). The second kappa shape index (κ2) is 3.78. The van der Waals surface area contributed by atoms with E-state index in [0.29, 0.717) is 0 Å². The first kappa shape index (κ1) is 10.0. The molecule has 1 nitrogen and oxygen atoms in total. The Hall–Kier alpha value is -0.0400. The third-order valence-electron chi connectivity index (χ3n) is 3.35. The van der Waals surface area contributed by atoms with Crippen molar-refractivity contribution in [3.8, 4) is 0 Å². The van der Waals surface area contributed by atoms with Gasteiger partial charge in [-0.2, -0.15) is 0 Å². The quantitative estimate of drug-likeness (QED) is 0.614. The summed E-state index contributed by atoms with van der Waals surface area (Å²) in [5.41, 5.74) is 0. The van der Waals surface area contributed by atoms with Crippen LogP contribution >= 0.6 is 0 Å². The van der Waals surface area contributed by atoms with E-state index in [1.54, 1.807) is 0 Å². The summed E-state index contributed by atoms with van der Waals surface area (Å²) in [5.74, 6) is 2.61. The predicted molar refractivity (Wildman–Crippen MR) is 54.2 cm³/mol. The van der Waals surface area contributed by atoms with E-state index in [4.69, 9.17) is 0 Å². The van der Waals surface area contributed by atoms with Crippen molar-refractivity contribution in [1.82, 2.24) is 4.90 Å². The Morgan fingerprint density at radius 2 is 1.67 bits per heavy atom. The fourth-order valence-electron chi connectivity index (χ4n) is 2.33. The van der Waals surface area contributed by atoms with Gasteiger partial charge in [-0.25, -0.2) is 0 Å². The molecule has 0 aromatic heterocycles.